The van der Waals surface area contributed by atoms with Crippen molar-refractivity contribution in [2.45, 2.75) is 46.6 Å². The fraction of sp³-hybridized carbons (Fsp3) is 0.900. The summed E-state index contributed by atoms with van der Waals surface area (Å²) in [6.07, 6.45) is 2.07. The van der Waals surface area contributed by atoms with Crippen molar-refractivity contribution in [2.75, 3.05) is 6.54 Å². The van der Waals surface area contributed by atoms with Crippen LogP contribution in [0.5, 0.6) is 0 Å². The molecule has 0 heterocycles. The van der Waals surface area contributed by atoms with Crippen LogP contribution in [0.15, 0.2) is 0 Å². The maximum absolute atomic E-state index is 11.2. The van der Waals surface area contributed by atoms with Crippen LogP contribution in [0.3, 0.4) is 0 Å². The molecule has 0 spiro atoms. The largest absolute Gasteiger partial charge is 0.338 e. The summed E-state index contributed by atoms with van der Waals surface area (Å²) in [5.41, 5.74) is 0. The van der Waals surface area contributed by atoms with E-state index in [9.17, 15) is 4.79 Å². The van der Waals surface area contributed by atoms with E-state index in [2.05, 4.69) is 24.5 Å². The summed E-state index contributed by atoms with van der Waals surface area (Å²) in [5.74, 6) is 0.535. The van der Waals surface area contributed by atoms with Crippen LogP contribution in [0.4, 0.5) is 4.79 Å². The Hall–Kier alpha value is -0.730. The van der Waals surface area contributed by atoms with Gasteiger partial charge in [0.05, 0.1) is 0 Å². The Morgan fingerprint density at radius 1 is 1.31 bits per heavy atom. The van der Waals surface area contributed by atoms with E-state index >= 15 is 0 Å². The Bertz CT molecular complexity index is 148. The lowest BCUT2D eigenvalue weighted by atomic mass is 10.0. The minimum absolute atomic E-state index is 0.0466. The van der Waals surface area contributed by atoms with Gasteiger partial charge in [-0.1, -0.05) is 27.2 Å². The standard InChI is InChI=1S/C10H22N2O/c1-5-7-11-10(13)12-9(4)8(3)6-2/h8-9H,5-7H2,1-4H3,(H2,11,12,13). The van der Waals surface area contributed by atoms with Gasteiger partial charge in [0.25, 0.3) is 0 Å². The van der Waals surface area contributed by atoms with Crippen LogP contribution >= 0.6 is 0 Å². The van der Waals surface area contributed by atoms with Crippen LogP contribution in [0, 0.1) is 5.92 Å². The summed E-state index contributed by atoms with van der Waals surface area (Å²) in [7, 11) is 0. The van der Waals surface area contributed by atoms with Gasteiger partial charge in [-0.15, -0.1) is 0 Å². The lowest BCUT2D eigenvalue weighted by Crippen LogP contribution is -2.43. The van der Waals surface area contributed by atoms with Gasteiger partial charge in [-0.05, 0) is 19.3 Å². The lowest BCUT2D eigenvalue weighted by molar-refractivity contribution is 0.233. The molecule has 2 unspecified atom stereocenters. The molecule has 0 fully saturated rings. The van der Waals surface area contributed by atoms with E-state index in [1.54, 1.807) is 0 Å². The molecule has 2 amide bonds. The number of rotatable bonds is 5. The smallest absolute Gasteiger partial charge is 0.315 e. The zero-order valence-electron chi connectivity index (χ0n) is 9.18. The fourth-order valence-electron chi connectivity index (χ4n) is 0.992. The maximum atomic E-state index is 11.2. The van der Waals surface area contributed by atoms with Gasteiger partial charge in [-0.2, -0.15) is 0 Å². The first kappa shape index (κ1) is 12.3. The predicted octanol–water partition coefficient (Wildman–Crippen LogP) is 2.13. The van der Waals surface area contributed by atoms with Gasteiger partial charge < -0.3 is 10.6 Å². The second-order valence-corrected chi connectivity index (χ2v) is 3.57. The van der Waals surface area contributed by atoms with E-state index in [-0.39, 0.29) is 12.1 Å². The van der Waals surface area contributed by atoms with Crippen molar-refractivity contribution in [3.05, 3.63) is 0 Å². The van der Waals surface area contributed by atoms with Crippen molar-refractivity contribution in [3.63, 3.8) is 0 Å². The number of nitrogens with one attached hydrogen (secondary N) is 2. The molecule has 2 atom stereocenters. The van der Waals surface area contributed by atoms with E-state index in [0.29, 0.717) is 5.92 Å². The normalized spacial score (nSPS) is 14.8. The summed E-state index contributed by atoms with van der Waals surface area (Å²) in [4.78, 5) is 11.2. The third-order valence-corrected chi connectivity index (χ3v) is 2.39. The molecule has 0 aliphatic heterocycles. The molecule has 3 nitrogen and oxygen atoms in total. The van der Waals surface area contributed by atoms with Crippen molar-refractivity contribution in [1.82, 2.24) is 10.6 Å². The predicted molar refractivity (Wildman–Crippen MR) is 55.7 cm³/mol. The number of carbonyl (C=O) groups is 1. The van der Waals surface area contributed by atoms with Crippen LogP contribution in [0.2, 0.25) is 0 Å². The molecule has 0 radical (unpaired) electrons. The van der Waals surface area contributed by atoms with Gasteiger partial charge in [-0.3, -0.25) is 0 Å². The zero-order valence-corrected chi connectivity index (χ0v) is 9.18. The quantitative estimate of drug-likeness (QED) is 0.678. The topological polar surface area (TPSA) is 41.1 Å². The molecule has 0 aromatic carbocycles. The Kier molecular flexibility index (Phi) is 6.37. The number of hydrogen-bond acceptors (Lipinski definition) is 1. The van der Waals surface area contributed by atoms with E-state index in [4.69, 9.17) is 0 Å². The number of carbonyl (C=O) groups excluding carboxylic acids is 1. The number of hydrogen-bond donors (Lipinski definition) is 2. The highest BCUT2D eigenvalue weighted by Crippen LogP contribution is 2.05. The molecule has 0 saturated heterocycles. The van der Waals surface area contributed by atoms with Crippen LogP contribution in [0.1, 0.15) is 40.5 Å². The van der Waals surface area contributed by atoms with Crippen molar-refractivity contribution in [1.29, 1.82) is 0 Å². The second kappa shape index (κ2) is 6.75. The molecular weight excluding hydrogens is 164 g/mol. The summed E-state index contributed by atoms with van der Waals surface area (Å²) >= 11 is 0. The Labute approximate surface area is 81.3 Å². The van der Waals surface area contributed by atoms with Crippen LogP contribution in [0.25, 0.3) is 0 Å². The van der Waals surface area contributed by atoms with Gasteiger partial charge >= 0.3 is 6.03 Å². The molecule has 0 saturated carbocycles. The summed E-state index contributed by atoms with van der Waals surface area (Å²) < 4.78 is 0. The fourth-order valence-corrected chi connectivity index (χ4v) is 0.992. The molecule has 3 heteroatoms. The van der Waals surface area contributed by atoms with E-state index in [1.165, 1.54) is 0 Å². The van der Waals surface area contributed by atoms with Gasteiger partial charge in [-0.25, -0.2) is 4.79 Å². The molecular formula is C10H22N2O. The first-order valence-electron chi connectivity index (χ1n) is 5.16. The summed E-state index contributed by atoms with van der Waals surface area (Å²) in [5, 5.41) is 5.71. The zero-order chi connectivity index (χ0) is 10.3. The highest BCUT2D eigenvalue weighted by atomic mass is 16.2. The Morgan fingerprint density at radius 3 is 2.38 bits per heavy atom. The molecule has 0 rings (SSSR count). The summed E-state index contributed by atoms with van der Waals surface area (Å²) in [6.45, 7) is 9.11. The van der Waals surface area contributed by atoms with Crippen molar-refractivity contribution in [2.24, 2.45) is 5.92 Å². The second-order valence-electron chi connectivity index (χ2n) is 3.57. The molecule has 13 heavy (non-hydrogen) atoms. The first-order valence-corrected chi connectivity index (χ1v) is 5.16. The van der Waals surface area contributed by atoms with Crippen LogP contribution in [-0.4, -0.2) is 18.6 Å². The van der Waals surface area contributed by atoms with Gasteiger partial charge in [0.1, 0.15) is 0 Å². The molecule has 0 aromatic rings. The highest BCUT2D eigenvalue weighted by Gasteiger charge is 2.11. The van der Waals surface area contributed by atoms with Gasteiger partial charge in [0.2, 0.25) is 0 Å². The highest BCUT2D eigenvalue weighted by molar-refractivity contribution is 5.74. The lowest BCUT2D eigenvalue weighted by Gasteiger charge is -2.19. The monoisotopic (exact) mass is 186 g/mol. The van der Waals surface area contributed by atoms with Crippen LogP contribution < -0.4 is 10.6 Å². The van der Waals surface area contributed by atoms with Gasteiger partial charge in [0, 0.05) is 12.6 Å². The number of urea groups is 1. The minimum Gasteiger partial charge on any atom is -0.338 e. The average molecular weight is 186 g/mol. The SMILES string of the molecule is CCCNC(=O)NC(C)C(C)CC. The summed E-state index contributed by atoms with van der Waals surface area (Å²) in [6, 6.07) is 0.205. The van der Waals surface area contributed by atoms with E-state index in [0.717, 1.165) is 19.4 Å². The van der Waals surface area contributed by atoms with Crippen LogP contribution in [-0.2, 0) is 0 Å². The molecule has 2 N–H and O–H groups in total. The van der Waals surface area contributed by atoms with E-state index < -0.39 is 0 Å². The van der Waals surface area contributed by atoms with Crippen molar-refractivity contribution in [3.8, 4) is 0 Å². The first-order chi connectivity index (χ1) is 6.11. The minimum atomic E-state index is -0.0466. The molecule has 0 aromatic heterocycles. The molecule has 78 valence electrons. The average Bonchev–Trinajstić information content (AvgIpc) is 2.13. The maximum Gasteiger partial charge on any atom is 0.315 e. The Morgan fingerprint density at radius 2 is 1.92 bits per heavy atom. The Balaban J connectivity index is 3.64. The van der Waals surface area contributed by atoms with E-state index in [1.807, 2.05) is 13.8 Å². The third kappa shape index (κ3) is 5.50. The molecule has 0 aliphatic rings. The van der Waals surface area contributed by atoms with Gasteiger partial charge in [0.15, 0.2) is 0 Å². The number of amides is 2. The third-order valence-electron chi connectivity index (χ3n) is 2.39. The molecule has 0 bridgehead atoms. The van der Waals surface area contributed by atoms with Crippen molar-refractivity contribution < 1.29 is 4.79 Å². The molecule has 0 aliphatic carbocycles. The van der Waals surface area contributed by atoms with Crippen molar-refractivity contribution >= 4 is 6.03 Å².